The van der Waals surface area contributed by atoms with E-state index < -0.39 is 5.66 Å². The number of carbonyl (C=O) groups is 2. The molecule has 3 aliphatic rings. The lowest BCUT2D eigenvalue weighted by Gasteiger charge is -2.42. The van der Waals surface area contributed by atoms with E-state index in [1.54, 1.807) is 13.0 Å². The van der Waals surface area contributed by atoms with Crippen LogP contribution in [0.15, 0.2) is 28.8 Å². The number of hydrogen-bond donors (Lipinski definition) is 2. The van der Waals surface area contributed by atoms with Crippen molar-refractivity contribution in [3.05, 3.63) is 46.8 Å². The number of hydrogen-bond acceptors (Lipinski definition) is 5. The Labute approximate surface area is 157 Å². The van der Waals surface area contributed by atoms with Gasteiger partial charge in [0, 0.05) is 30.8 Å². The van der Waals surface area contributed by atoms with Gasteiger partial charge in [-0.15, -0.1) is 0 Å². The molecule has 1 saturated carbocycles. The van der Waals surface area contributed by atoms with E-state index in [1.165, 1.54) is 0 Å². The number of rotatable bonds is 1. The summed E-state index contributed by atoms with van der Waals surface area (Å²) in [5.41, 5.74) is 2.83. The molecular formula is C20H22N4O3. The summed E-state index contributed by atoms with van der Waals surface area (Å²) in [5, 5.41) is 10.6. The van der Waals surface area contributed by atoms with E-state index in [0.29, 0.717) is 30.3 Å². The summed E-state index contributed by atoms with van der Waals surface area (Å²) in [4.78, 5) is 27.3. The van der Waals surface area contributed by atoms with E-state index in [2.05, 4.69) is 15.8 Å². The fourth-order valence-electron chi connectivity index (χ4n) is 4.91. The van der Waals surface area contributed by atoms with E-state index in [1.807, 2.05) is 30.0 Å². The smallest absolute Gasteiger partial charge is 0.292 e. The third kappa shape index (κ3) is 2.44. The second kappa shape index (κ2) is 5.58. The van der Waals surface area contributed by atoms with Gasteiger partial charge in [0.15, 0.2) is 0 Å². The largest absolute Gasteiger partial charge is 0.362 e. The van der Waals surface area contributed by atoms with Crippen LogP contribution in [0.5, 0.6) is 0 Å². The van der Waals surface area contributed by atoms with Crippen LogP contribution in [0, 0.1) is 25.7 Å². The third-order valence-corrected chi connectivity index (χ3v) is 6.22. The number of anilines is 1. The molecule has 7 heteroatoms. The first-order valence-corrected chi connectivity index (χ1v) is 9.39. The van der Waals surface area contributed by atoms with Gasteiger partial charge in [0.25, 0.3) is 11.8 Å². The molecule has 2 fully saturated rings. The number of amides is 2. The molecule has 1 saturated heterocycles. The molecule has 2 amide bonds. The minimum atomic E-state index is -0.490. The Balaban J connectivity index is 1.41. The highest BCUT2D eigenvalue weighted by Gasteiger charge is 2.55. The number of nitrogens with zero attached hydrogens (tertiary/aromatic N) is 2. The predicted octanol–water partition coefficient (Wildman–Crippen LogP) is 2.33. The Morgan fingerprint density at radius 2 is 2.11 bits per heavy atom. The molecule has 2 N–H and O–H groups in total. The Hall–Kier alpha value is -2.83. The molecule has 0 unspecified atom stereocenters. The van der Waals surface area contributed by atoms with Crippen LogP contribution in [-0.4, -0.2) is 40.6 Å². The van der Waals surface area contributed by atoms with E-state index in [0.717, 1.165) is 24.1 Å². The van der Waals surface area contributed by atoms with Crippen molar-refractivity contribution in [2.24, 2.45) is 11.8 Å². The number of carbonyl (C=O) groups excluding carboxylic acids is 2. The minimum Gasteiger partial charge on any atom is -0.362 e. The predicted molar refractivity (Wildman–Crippen MR) is 98.4 cm³/mol. The van der Waals surface area contributed by atoms with Gasteiger partial charge in [0.2, 0.25) is 5.76 Å². The van der Waals surface area contributed by atoms with Crippen LogP contribution in [0.1, 0.15) is 45.0 Å². The van der Waals surface area contributed by atoms with Gasteiger partial charge in [-0.05, 0) is 44.7 Å². The van der Waals surface area contributed by atoms with E-state index in [-0.39, 0.29) is 23.5 Å². The second-order valence-corrected chi connectivity index (χ2v) is 8.05. The van der Waals surface area contributed by atoms with Crippen molar-refractivity contribution in [2.75, 3.05) is 18.4 Å². The fraction of sp³-hybridized carbons (Fsp3) is 0.450. The normalized spacial score (nSPS) is 28.7. The lowest BCUT2D eigenvalue weighted by Crippen LogP contribution is -2.61. The molecule has 5 rings (SSSR count). The summed E-state index contributed by atoms with van der Waals surface area (Å²) < 4.78 is 5.15. The third-order valence-electron chi connectivity index (χ3n) is 6.22. The van der Waals surface area contributed by atoms with Gasteiger partial charge >= 0.3 is 0 Å². The molecule has 7 nitrogen and oxygen atoms in total. The first kappa shape index (κ1) is 16.4. The quantitative estimate of drug-likeness (QED) is 0.809. The second-order valence-electron chi connectivity index (χ2n) is 8.05. The first-order chi connectivity index (χ1) is 12.9. The summed E-state index contributed by atoms with van der Waals surface area (Å²) in [6.07, 6.45) is 1.84. The lowest BCUT2D eigenvalue weighted by molar-refractivity contribution is 0.0727. The Morgan fingerprint density at radius 3 is 2.89 bits per heavy atom. The first-order valence-electron chi connectivity index (χ1n) is 9.39. The van der Waals surface area contributed by atoms with Crippen molar-refractivity contribution in [1.29, 1.82) is 0 Å². The van der Waals surface area contributed by atoms with Crippen molar-refractivity contribution in [3.63, 3.8) is 0 Å². The standard InChI is InChI=1S/C20H22N4O3/c1-11-3-4-16-14(7-11)18(25)22-20(21-16)6-5-13-9-24(10-15(13)20)19(26)17-8-12(2)23-27-17/h3-4,7-8,13,15,21H,5-6,9-10H2,1-2H3,(H,22,25)/t13-,15+,20-/m0/s1. The van der Waals surface area contributed by atoms with Crippen LogP contribution in [0.3, 0.4) is 0 Å². The molecule has 2 aliphatic heterocycles. The molecule has 1 aliphatic carbocycles. The topological polar surface area (TPSA) is 87.5 Å². The summed E-state index contributed by atoms with van der Waals surface area (Å²) in [7, 11) is 0. The SMILES string of the molecule is Cc1ccc2c(c1)C(=O)N[C@]1(CC[C@H]3CN(C(=O)c4cc(C)no4)C[C@H]31)N2. The van der Waals surface area contributed by atoms with Crippen molar-refractivity contribution in [3.8, 4) is 0 Å². The zero-order valence-electron chi connectivity index (χ0n) is 15.4. The molecule has 0 radical (unpaired) electrons. The van der Waals surface area contributed by atoms with Crippen LogP contribution in [0.25, 0.3) is 0 Å². The Morgan fingerprint density at radius 1 is 1.26 bits per heavy atom. The lowest BCUT2D eigenvalue weighted by atomic mass is 9.89. The Kier molecular flexibility index (Phi) is 3.38. The number of fused-ring (bicyclic) bond motifs is 3. The maximum Gasteiger partial charge on any atom is 0.292 e. The Bertz CT molecular complexity index is 952. The van der Waals surface area contributed by atoms with Crippen LogP contribution in [-0.2, 0) is 0 Å². The molecule has 140 valence electrons. The van der Waals surface area contributed by atoms with Crippen molar-refractivity contribution < 1.29 is 14.1 Å². The van der Waals surface area contributed by atoms with E-state index in [4.69, 9.17) is 4.52 Å². The monoisotopic (exact) mass is 366 g/mol. The number of likely N-dealkylation sites (tertiary alicyclic amines) is 1. The zero-order valence-corrected chi connectivity index (χ0v) is 15.4. The van der Waals surface area contributed by atoms with Gasteiger partial charge in [-0.3, -0.25) is 9.59 Å². The number of benzene rings is 1. The number of nitrogens with one attached hydrogen (secondary N) is 2. The van der Waals surface area contributed by atoms with Gasteiger partial charge in [0.1, 0.15) is 5.66 Å². The maximum atomic E-state index is 12.8. The minimum absolute atomic E-state index is 0.0382. The van der Waals surface area contributed by atoms with E-state index >= 15 is 0 Å². The van der Waals surface area contributed by atoms with Crippen molar-refractivity contribution >= 4 is 17.5 Å². The van der Waals surface area contributed by atoms with Gasteiger partial charge < -0.3 is 20.1 Å². The number of aryl methyl sites for hydroxylation is 2. The maximum absolute atomic E-state index is 12.8. The summed E-state index contributed by atoms with van der Waals surface area (Å²) in [6.45, 7) is 5.06. The molecule has 0 bridgehead atoms. The van der Waals surface area contributed by atoms with Gasteiger partial charge in [-0.1, -0.05) is 16.8 Å². The highest BCUT2D eigenvalue weighted by Crippen LogP contribution is 2.47. The average molecular weight is 366 g/mol. The van der Waals surface area contributed by atoms with Crippen molar-refractivity contribution in [2.45, 2.75) is 32.4 Å². The van der Waals surface area contributed by atoms with Crippen LogP contribution in [0.2, 0.25) is 0 Å². The molecule has 1 spiro atoms. The molecule has 1 aromatic heterocycles. The summed E-state index contributed by atoms with van der Waals surface area (Å²) >= 11 is 0. The van der Waals surface area contributed by atoms with E-state index in [9.17, 15) is 9.59 Å². The molecule has 2 aromatic rings. The average Bonchev–Trinajstić information content (AvgIpc) is 3.33. The molecule has 1 aromatic carbocycles. The van der Waals surface area contributed by atoms with Crippen LogP contribution in [0.4, 0.5) is 5.69 Å². The zero-order chi connectivity index (χ0) is 18.8. The van der Waals surface area contributed by atoms with Crippen molar-refractivity contribution in [1.82, 2.24) is 15.4 Å². The summed E-state index contributed by atoms with van der Waals surface area (Å²) in [6, 6.07) is 7.58. The molecule has 3 atom stereocenters. The van der Waals surface area contributed by atoms with Gasteiger partial charge in [-0.2, -0.15) is 0 Å². The number of aromatic nitrogens is 1. The van der Waals surface area contributed by atoms with Gasteiger partial charge in [0.05, 0.1) is 11.3 Å². The molecule has 27 heavy (non-hydrogen) atoms. The highest BCUT2D eigenvalue weighted by atomic mass is 16.5. The highest BCUT2D eigenvalue weighted by molar-refractivity contribution is 6.02. The van der Waals surface area contributed by atoms with Crippen LogP contribution < -0.4 is 10.6 Å². The van der Waals surface area contributed by atoms with Crippen LogP contribution >= 0.6 is 0 Å². The molecular weight excluding hydrogens is 344 g/mol. The van der Waals surface area contributed by atoms with Gasteiger partial charge in [-0.25, -0.2) is 0 Å². The summed E-state index contributed by atoms with van der Waals surface area (Å²) in [5.74, 6) is 0.645. The fourth-order valence-corrected chi connectivity index (χ4v) is 4.91. The molecule has 3 heterocycles.